The molecule has 0 saturated heterocycles. The maximum Gasteiger partial charge on any atom is 0.261 e. The number of benzene rings is 3. The van der Waals surface area contributed by atoms with Crippen LogP contribution in [-0.4, -0.2) is 23.3 Å². The third-order valence-corrected chi connectivity index (χ3v) is 5.40. The van der Waals surface area contributed by atoms with E-state index in [9.17, 15) is 18.4 Å². The van der Waals surface area contributed by atoms with Gasteiger partial charge in [0.1, 0.15) is 11.6 Å². The summed E-state index contributed by atoms with van der Waals surface area (Å²) in [5.41, 5.74) is 1.85. The van der Waals surface area contributed by atoms with Crippen LogP contribution in [0.2, 0.25) is 0 Å². The van der Waals surface area contributed by atoms with E-state index in [1.54, 1.807) is 30.3 Å². The van der Waals surface area contributed by atoms with Gasteiger partial charge in [-0.05, 0) is 47.2 Å². The molecule has 0 radical (unpaired) electrons. The zero-order valence-corrected chi connectivity index (χ0v) is 16.2. The minimum atomic E-state index is -0.675. The standard InChI is InChI=1S/C24H21F2NO2/c1-2-3-4-5-11-27-23(28)20-8-6-7-19-18(9-10-21(22(19)20)24(27)29)15-12-16(25)14-17(26)13-15/h6-10,12-14H,2-5,11H2,1H3. The highest BCUT2D eigenvalue weighted by molar-refractivity contribution is 6.26. The number of carbonyl (C=O) groups excluding carboxylic acids is 2. The normalized spacial score (nSPS) is 13.4. The number of imide groups is 1. The van der Waals surface area contributed by atoms with Crippen molar-refractivity contribution in [3.8, 4) is 11.1 Å². The molecular weight excluding hydrogens is 372 g/mol. The number of carbonyl (C=O) groups is 2. The van der Waals surface area contributed by atoms with E-state index in [0.717, 1.165) is 31.7 Å². The van der Waals surface area contributed by atoms with Crippen molar-refractivity contribution in [1.29, 1.82) is 0 Å². The molecular formula is C24H21F2NO2. The van der Waals surface area contributed by atoms with Crippen LogP contribution >= 0.6 is 0 Å². The summed E-state index contributed by atoms with van der Waals surface area (Å²) < 4.78 is 27.5. The molecule has 1 aliphatic rings. The average molecular weight is 393 g/mol. The molecule has 0 atom stereocenters. The Hall–Kier alpha value is -3.08. The van der Waals surface area contributed by atoms with Crippen LogP contribution in [0.4, 0.5) is 8.78 Å². The summed E-state index contributed by atoms with van der Waals surface area (Å²) >= 11 is 0. The lowest BCUT2D eigenvalue weighted by molar-refractivity contribution is 0.0608. The molecule has 0 spiro atoms. The summed E-state index contributed by atoms with van der Waals surface area (Å²) in [6, 6.07) is 11.9. The van der Waals surface area contributed by atoms with Gasteiger partial charge in [0.15, 0.2) is 0 Å². The number of hydrogen-bond acceptors (Lipinski definition) is 2. The van der Waals surface area contributed by atoms with Gasteiger partial charge in [0.25, 0.3) is 11.8 Å². The Labute approximate surface area is 167 Å². The third-order valence-electron chi connectivity index (χ3n) is 5.40. The Morgan fingerprint density at radius 2 is 1.45 bits per heavy atom. The largest absolute Gasteiger partial charge is 0.274 e. The van der Waals surface area contributed by atoms with Gasteiger partial charge < -0.3 is 0 Å². The molecule has 0 fully saturated rings. The number of nitrogens with zero attached hydrogens (tertiary/aromatic N) is 1. The highest BCUT2D eigenvalue weighted by Crippen LogP contribution is 2.37. The van der Waals surface area contributed by atoms with Gasteiger partial charge in [-0.1, -0.05) is 44.4 Å². The Morgan fingerprint density at radius 3 is 2.14 bits per heavy atom. The molecule has 148 valence electrons. The van der Waals surface area contributed by atoms with Crippen LogP contribution in [0.3, 0.4) is 0 Å². The molecule has 0 N–H and O–H groups in total. The van der Waals surface area contributed by atoms with Crippen molar-refractivity contribution in [3.63, 3.8) is 0 Å². The fraction of sp³-hybridized carbons (Fsp3) is 0.250. The number of unbranched alkanes of at least 4 members (excludes halogenated alkanes) is 3. The molecule has 0 bridgehead atoms. The van der Waals surface area contributed by atoms with Gasteiger partial charge in [-0.15, -0.1) is 0 Å². The van der Waals surface area contributed by atoms with Crippen LogP contribution in [0.1, 0.15) is 53.3 Å². The van der Waals surface area contributed by atoms with Crippen molar-refractivity contribution in [1.82, 2.24) is 4.90 Å². The Morgan fingerprint density at radius 1 is 0.793 bits per heavy atom. The summed E-state index contributed by atoms with van der Waals surface area (Å²) in [6.45, 7) is 2.50. The number of amides is 2. The molecule has 1 heterocycles. The van der Waals surface area contributed by atoms with Crippen LogP contribution in [0.5, 0.6) is 0 Å². The number of rotatable bonds is 6. The van der Waals surface area contributed by atoms with Crippen molar-refractivity contribution in [2.45, 2.75) is 32.6 Å². The molecule has 1 aliphatic heterocycles. The second-order valence-corrected chi connectivity index (χ2v) is 7.37. The predicted molar refractivity (Wildman–Crippen MR) is 109 cm³/mol. The van der Waals surface area contributed by atoms with Gasteiger partial charge >= 0.3 is 0 Å². The predicted octanol–water partition coefficient (Wildman–Crippen LogP) is 5.96. The highest BCUT2D eigenvalue weighted by Gasteiger charge is 2.32. The zero-order valence-electron chi connectivity index (χ0n) is 16.2. The van der Waals surface area contributed by atoms with E-state index in [1.807, 2.05) is 0 Å². The molecule has 0 aromatic heterocycles. The third kappa shape index (κ3) is 3.41. The van der Waals surface area contributed by atoms with Crippen LogP contribution in [0.15, 0.2) is 48.5 Å². The van der Waals surface area contributed by atoms with E-state index in [0.29, 0.717) is 39.6 Å². The van der Waals surface area contributed by atoms with E-state index >= 15 is 0 Å². The van der Waals surface area contributed by atoms with E-state index in [4.69, 9.17) is 0 Å². The fourth-order valence-electron chi connectivity index (χ4n) is 4.01. The van der Waals surface area contributed by atoms with E-state index in [1.165, 1.54) is 17.0 Å². The Bertz CT molecular complexity index is 1080. The molecule has 5 heteroatoms. The first-order valence-corrected chi connectivity index (χ1v) is 9.89. The average Bonchev–Trinajstić information content (AvgIpc) is 2.70. The lowest BCUT2D eigenvalue weighted by Crippen LogP contribution is -2.40. The van der Waals surface area contributed by atoms with Crippen LogP contribution in [-0.2, 0) is 0 Å². The minimum absolute atomic E-state index is 0.313. The van der Waals surface area contributed by atoms with Gasteiger partial charge in [-0.2, -0.15) is 0 Å². The van der Waals surface area contributed by atoms with Gasteiger partial charge in [0.05, 0.1) is 0 Å². The minimum Gasteiger partial charge on any atom is -0.274 e. The van der Waals surface area contributed by atoms with Gasteiger partial charge in [-0.25, -0.2) is 8.78 Å². The van der Waals surface area contributed by atoms with Gasteiger partial charge in [0, 0.05) is 29.1 Å². The van der Waals surface area contributed by atoms with Gasteiger partial charge in [-0.3, -0.25) is 14.5 Å². The smallest absolute Gasteiger partial charge is 0.261 e. The zero-order chi connectivity index (χ0) is 20.5. The van der Waals surface area contributed by atoms with Crippen molar-refractivity contribution in [2.75, 3.05) is 6.54 Å². The molecule has 3 nitrogen and oxygen atoms in total. The van der Waals surface area contributed by atoms with E-state index in [-0.39, 0.29) is 11.8 Å². The van der Waals surface area contributed by atoms with Crippen molar-refractivity contribution >= 4 is 22.6 Å². The van der Waals surface area contributed by atoms with E-state index < -0.39 is 11.6 Å². The monoisotopic (exact) mass is 393 g/mol. The molecule has 3 aromatic carbocycles. The van der Waals surface area contributed by atoms with Crippen LogP contribution in [0, 0.1) is 11.6 Å². The van der Waals surface area contributed by atoms with Crippen LogP contribution in [0.25, 0.3) is 21.9 Å². The van der Waals surface area contributed by atoms with Crippen molar-refractivity contribution < 1.29 is 18.4 Å². The SMILES string of the molecule is CCCCCCN1C(=O)c2cccc3c(-c4cc(F)cc(F)c4)ccc(c23)C1=O. The summed E-state index contributed by atoms with van der Waals surface area (Å²) in [5, 5.41) is 1.19. The van der Waals surface area contributed by atoms with Crippen LogP contribution < -0.4 is 0 Å². The fourth-order valence-corrected chi connectivity index (χ4v) is 4.01. The van der Waals surface area contributed by atoms with Crippen molar-refractivity contribution in [3.05, 3.63) is 71.3 Å². The second-order valence-electron chi connectivity index (χ2n) is 7.37. The second kappa shape index (κ2) is 7.74. The molecule has 0 aliphatic carbocycles. The summed E-state index contributed by atoms with van der Waals surface area (Å²) in [7, 11) is 0. The highest BCUT2D eigenvalue weighted by atomic mass is 19.1. The molecule has 29 heavy (non-hydrogen) atoms. The summed E-state index contributed by atoms with van der Waals surface area (Å²) in [4.78, 5) is 27.4. The quantitative estimate of drug-likeness (QED) is 0.383. The molecule has 2 amide bonds. The first-order chi connectivity index (χ1) is 14.0. The maximum atomic E-state index is 13.7. The molecule has 3 aromatic rings. The molecule has 4 rings (SSSR count). The number of halogens is 2. The number of hydrogen-bond donors (Lipinski definition) is 0. The molecule has 0 unspecified atom stereocenters. The topological polar surface area (TPSA) is 37.4 Å². The Balaban J connectivity index is 1.81. The van der Waals surface area contributed by atoms with Crippen molar-refractivity contribution in [2.24, 2.45) is 0 Å². The summed E-state index contributed by atoms with van der Waals surface area (Å²) in [5.74, 6) is -1.98. The first-order valence-electron chi connectivity index (χ1n) is 9.89. The van der Waals surface area contributed by atoms with E-state index in [2.05, 4.69) is 6.92 Å². The maximum absolute atomic E-state index is 13.7. The summed E-state index contributed by atoms with van der Waals surface area (Å²) in [6.07, 6.45) is 3.88. The van der Waals surface area contributed by atoms with Gasteiger partial charge in [0.2, 0.25) is 0 Å². The first kappa shape index (κ1) is 19.2. The lowest BCUT2D eigenvalue weighted by Gasteiger charge is -2.28. The molecule has 0 saturated carbocycles. The Kier molecular flexibility index (Phi) is 5.14. The lowest BCUT2D eigenvalue weighted by atomic mass is 9.89.